The van der Waals surface area contributed by atoms with Gasteiger partial charge in [0.15, 0.2) is 0 Å². The summed E-state index contributed by atoms with van der Waals surface area (Å²) in [5.74, 6) is -8.34. The number of hydrogen-bond donors (Lipinski definition) is 3. The van der Waals surface area contributed by atoms with Crippen LogP contribution >= 0.6 is 0 Å². The largest absolute Gasteiger partial charge is 1.00 e. The van der Waals surface area contributed by atoms with Crippen molar-refractivity contribution >= 4 is 53.7 Å². The Bertz CT molecular complexity index is 1290. The van der Waals surface area contributed by atoms with Crippen LogP contribution < -0.4 is 165 Å². The average molecular weight is 1040 g/mol. The Hall–Kier alpha value is -0.797. The molecule has 6 N–H and O–H groups in total. The average Bonchev–Trinajstić information content (AvgIpc) is 3.26. The second-order valence-corrected chi connectivity index (χ2v) is 15.8. The summed E-state index contributed by atoms with van der Waals surface area (Å²) in [6.07, 6.45) is 26.2. The number of carboxylic acid groups (broad SMARTS) is 3. The Morgan fingerprint density at radius 3 is 0.739 bits per heavy atom. The Labute approximate surface area is 517 Å². The van der Waals surface area contributed by atoms with Gasteiger partial charge in [-0.3, -0.25) is 14.4 Å². The van der Waals surface area contributed by atoms with Crippen molar-refractivity contribution in [2.75, 3.05) is 0 Å². The molecule has 0 amide bonds. The van der Waals surface area contributed by atoms with Crippen LogP contribution in [0.4, 0.5) is 0 Å². The van der Waals surface area contributed by atoms with Crippen molar-refractivity contribution in [1.82, 2.24) is 0 Å². The zero-order chi connectivity index (χ0) is 50.4. The van der Waals surface area contributed by atoms with Crippen LogP contribution in [0, 0.1) is 0 Å². The van der Waals surface area contributed by atoms with Crippen molar-refractivity contribution in [3.8, 4) is 0 Å². The molecule has 0 spiro atoms. The molecule has 0 unspecified atom stereocenters. The van der Waals surface area contributed by atoms with Gasteiger partial charge in [0.1, 0.15) is 18.1 Å². The molecule has 0 radical (unpaired) electrons. The number of rotatable bonds is 39. The smallest absolute Gasteiger partial charge is 0.550 e. The number of carboxylic acids is 3. The zero-order valence-corrected chi connectivity index (χ0v) is 50.4. The van der Waals surface area contributed by atoms with E-state index in [4.69, 9.17) is 17.2 Å². The van der Waals surface area contributed by atoms with Crippen LogP contribution in [-0.2, 0) is 57.4 Å². The summed E-state index contributed by atoms with van der Waals surface area (Å²) in [5, 5.41) is 30.7. The molecule has 0 bridgehead atoms. The van der Waals surface area contributed by atoms with E-state index >= 15 is 0 Å². The van der Waals surface area contributed by atoms with E-state index in [0.717, 1.165) is 116 Å². The maximum Gasteiger partial charge on any atom is 1.00 e. The third kappa shape index (κ3) is 61.4. The predicted octanol–water partition coefficient (Wildman–Crippen LogP) is -5.33. The minimum absolute atomic E-state index is 0. The van der Waals surface area contributed by atoms with Crippen molar-refractivity contribution in [2.24, 2.45) is 17.2 Å². The Kier molecular flexibility index (Phi) is 67.0. The van der Waals surface area contributed by atoms with Crippen LogP contribution in [0.3, 0.4) is 0 Å². The molecule has 0 aromatic rings. The monoisotopic (exact) mass is 1040 g/mol. The standard InChI is InChI=1S/3C16H27NO5.2K.Na/c3*1-2-3-4-5-6-7-8-9-10-15(20)22-16(21)13(17)11-12-14(18)19;;;/h3*2,13H,1,3-12,17H2,(H,18,19);;;/q;;;3*+1/p-3/t3*13-;;;/m000.../s1. The maximum atomic E-state index is 11.4. The number of carbonyl (C=O) groups excluding carboxylic acids is 9. The van der Waals surface area contributed by atoms with Crippen LogP contribution in [0.25, 0.3) is 0 Å². The Balaban J connectivity index is -0.000000211. The van der Waals surface area contributed by atoms with Crippen molar-refractivity contribution in [1.29, 1.82) is 0 Å². The summed E-state index contributed by atoms with van der Waals surface area (Å²) in [4.78, 5) is 99.3. The van der Waals surface area contributed by atoms with Gasteiger partial charge in [-0.25, -0.2) is 14.4 Å². The van der Waals surface area contributed by atoms with E-state index in [1.54, 1.807) is 0 Å². The summed E-state index contributed by atoms with van der Waals surface area (Å²) < 4.78 is 13.7. The van der Waals surface area contributed by atoms with Gasteiger partial charge in [-0.05, 0) is 96.3 Å². The van der Waals surface area contributed by atoms with E-state index in [-0.39, 0.29) is 190 Å². The molecule has 3 atom stereocenters. The number of carbonyl (C=O) groups is 9. The molecule has 18 nitrogen and oxygen atoms in total. The molecule has 0 heterocycles. The fourth-order valence-electron chi connectivity index (χ4n) is 5.69. The molecular weight excluding hydrogens is 960 g/mol. The van der Waals surface area contributed by atoms with E-state index in [2.05, 4.69) is 33.9 Å². The molecule has 0 aliphatic carbocycles. The van der Waals surface area contributed by atoms with E-state index in [0.29, 0.717) is 19.3 Å². The normalized spacial score (nSPS) is 11.2. The summed E-state index contributed by atoms with van der Waals surface area (Å²) in [7, 11) is 0. The molecule has 0 saturated heterocycles. The van der Waals surface area contributed by atoms with E-state index in [1.807, 2.05) is 18.2 Å². The van der Waals surface area contributed by atoms with Gasteiger partial charge in [-0.1, -0.05) is 95.3 Å². The molecule has 0 rings (SSSR count). The van der Waals surface area contributed by atoms with Gasteiger partial charge in [0, 0.05) is 37.2 Å². The molecule has 0 aromatic carbocycles. The van der Waals surface area contributed by atoms with Gasteiger partial charge < -0.3 is 61.1 Å². The number of aliphatic carboxylic acids is 3. The minimum Gasteiger partial charge on any atom is -0.550 e. The molecule has 0 fully saturated rings. The third-order valence-electron chi connectivity index (χ3n) is 9.65. The topological polar surface area (TPSA) is 329 Å². The van der Waals surface area contributed by atoms with Gasteiger partial charge in [0.2, 0.25) is 0 Å². The minimum atomic E-state index is -1.29. The van der Waals surface area contributed by atoms with Crippen molar-refractivity contribution in [3.05, 3.63) is 38.0 Å². The first-order chi connectivity index (χ1) is 31.4. The first-order valence-corrected chi connectivity index (χ1v) is 23.3. The Morgan fingerprint density at radius 1 is 0.362 bits per heavy atom. The predicted molar refractivity (Wildman–Crippen MR) is 241 cm³/mol. The Morgan fingerprint density at radius 2 is 0.551 bits per heavy atom. The molecule has 69 heavy (non-hydrogen) atoms. The van der Waals surface area contributed by atoms with E-state index in [9.17, 15) is 58.5 Å². The maximum absolute atomic E-state index is 11.4. The number of nitrogens with two attached hydrogens (primary N) is 3. The van der Waals surface area contributed by atoms with Gasteiger partial charge in [0.05, 0.1) is 0 Å². The molecule has 378 valence electrons. The van der Waals surface area contributed by atoms with Crippen molar-refractivity contribution in [2.45, 2.75) is 211 Å². The zero-order valence-electron chi connectivity index (χ0n) is 42.2. The summed E-state index contributed by atoms with van der Waals surface area (Å²) in [5.41, 5.74) is 16.3. The molecule has 0 aromatic heterocycles. The molecule has 0 aliphatic rings. The summed E-state index contributed by atoms with van der Waals surface area (Å²) >= 11 is 0. The van der Waals surface area contributed by atoms with Crippen LogP contribution in [0.1, 0.15) is 193 Å². The number of unbranched alkanes of at least 4 members (excludes halogenated alkanes) is 18. The van der Waals surface area contributed by atoms with Crippen LogP contribution in [-0.4, -0.2) is 71.8 Å². The number of esters is 6. The van der Waals surface area contributed by atoms with E-state index < -0.39 is 71.8 Å². The summed E-state index contributed by atoms with van der Waals surface area (Å²) in [6.45, 7) is 11.0. The van der Waals surface area contributed by atoms with Crippen molar-refractivity contribution < 1.29 is 205 Å². The number of allylic oxidation sites excluding steroid dienone is 3. The first-order valence-electron chi connectivity index (χ1n) is 23.3. The second-order valence-electron chi connectivity index (χ2n) is 15.8. The van der Waals surface area contributed by atoms with Crippen molar-refractivity contribution in [3.63, 3.8) is 0 Å². The summed E-state index contributed by atoms with van der Waals surface area (Å²) in [6, 6.07) is -3.31. The molecule has 0 aliphatic heterocycles. The van der Waals surface area contributed by atoms with Crippen LogP contribution in [0.15, 0.2) is 38.0 Å². The number of ether oxygens (including phenoxy) is 3. The van der Waals surface area contributed by atoms with Crippen LogP contribution in [0.5, 0.6) is 0 Å². The quantitative estimate of drug-likeness (QED) is 0.0129. The fourth-order valence-corrected chi connectivity index (χ4v) is 5.69. The van der Waals surface area contributed by atoms with Gasteiger partial charge in [-0.15, -0.1) is 19.7 Å². The van der Waals surface area contributed by atoms with Gasteiger partial charge >= 0.3 is 168 Å². The van der Waals surface area contributed by atoms with Gasteiger partial charge in [0.25, 0.3) is 0 Å². The van der Waals surface area contributed by atoms with Gasteiger partial charge in [-0.2, -0.15) is 0 Å². The van der Waals surface area contributed by atoms with E-state index in [1.165, 1.54) is 0 Å². The first kappa shape index (κ1) is 79.6. The molecule has 0 saturated carbocycles. The van der Waals surface area contributed by atoms with Crippen LogP contribution in [0.2, 0.25) is 0 Å². The second kappa shape index (κ2) is 58.1. The SMILES string of the molecule is C=CCCCCCCCCC(=O)OC(=O)[C@@H](N)CCC(=O)[O-].C=CCCCCCCCCC(=O)OC(=O)[C@@H](N)CCC(=O)[O-].C=CCCCCCCCCC(=O)OC(=O)[C@@H](N)CCC(=O)[O-].[K+].[K+].[Na+]. The third-order valence-corrected chi connectivity index (χ3v) is 9.65. The molecular formula is C48H78K2N3NaO15. The number of hydrogen-bond acceptors (Lipinski definition) is 18. The molecule has 21 heteroatoms. The fraction of sp³-hybridized carbons (Fsp3) is 0.688.